The van der Waals surface area contributed by atoms with E-state index in [1.807, 2.05) is 36.6 Å². The first-order valence-corrected chi connectivity index (χ1v) is 11.7. The summed E-state index contributed by atoms with van der Waals surface area (Å²) in [5.74, 6) is -0.436. The molecule has 0 aliphatic carbocycles. The molecule has 3 aromatic rings. The van der Waals surface area contributed by atoms with Crippen LogP contribution in [0.2, 0.25) is 0 Å². The minimum atomic E-state index is -3.23. The summed E-state index contributed by atoms with van der Waals surface area (Å²) < 4.78 is 24.3. The second-order valence-corrected chi connectivity index (χ2v) is 9.81. The van der Waals surface area contributed by atoms with E-state index >= 15 is 0 Å². The average molecular weight is 430 g/mol. The highest BCUT2D eigenvalue weighted by atomic mass is 32.2. The Morgan fingerprint density at radius 2 is 2.07 bits per heavy atom. The Balaban J connectivity index is 1.53. The molecule has 2 aromatic heterocycles. The fourth-order valence-corrected chi connectivity index (χ4v) is 5.38. The third kappa shape index (κ3) is 4.15. The van der Waals surface area contributed by atoms with E-state index in [9.17, 15) is 18.0 Å². The second kappa shape index (κ2) is 7.57. The first-order chi connectivity index (χ1) is 13.8. The SMILES string of the molecule is Cc1ccc(-c2csc3ncn(CCC(=O)NC4C=CS(=O)(=O)C4)c(=O)c23)cc1. The van der Waals surface area contributed by atoms with Crippen molar-refractivity contribution in [3.8, 4) is 11.1 Å². The number of fused-ring (bicyclic) bond motifs is 1. The molecule has 1 aliphatic heterocycles. The molecule has 1 aromatic carbocycles. The number of nitrogens with zero attached hydrogens (tertiary/aromatic N) is 2. The number of aromatic nitrogens is 2. The van der Waals surface area contributed by atoms with Crippen LogP contribution in [0.5, 0.6) is 0 Å². The monoisotopic (exact) mass is 429 g/mol. The molecule has 0 spiro atoms. The van der Waals surface area contributed by atoms with E-state index in [4.69, 9.17) is 0 Å². The van der Waals surface area contributed by atoms with Gasteiger partial charge in [0.25, 0.3) is 5.56 Å². The summed E-state index contributed by atoms with van der Waals surface area (Å²) in [5, 5.41) is 6.25. The molecule has 0 bridgehead atoms. The number of amides is 1. The number of carbonyl (C=O) groups is 1. The lowest BCUT2D eigenvalue weighted by Crippen LogP contribution is -2.36. The van der Waals surface area contributed by atoms with Crippen LogP contribution in [0.3, 0.4) is 0 Å². The Kier molecular flexibility index (Phi) is 5.10. The summed E-state index contributed by atoms with van der Waals surface area (Å²) in [5.41, 5.74) is 2.73. The van der Waals surface area contributed by atoms with E-state index < -0.39 is 15.9 Å². The zero-order chi connectivity index (χ0) is 20.6. The summed E-state index contributed by atoms with van der Waals surface area (Å²) in [6.45, 7) is 2.17. The Bertz CT molecular complexity index is 1270. The quantitative estimate of drug-likeness (QED) is 0.671. The third-order valence-corrected chi connectivity index (χ3v) is 7.06. The first kappa shape index (κ1) is 19.5. The van der Waals surface area contributed by atoms with Gasteiger partial charge in [0.1, 0.15) is 4.83 Å². The molecule has 3 heterocycles. The van der Waals surface area contributed by atoms with Gasteiger partial charge in [-0.25, -0.2) is 13.4 Å². The van der Waals surface area contributed by atoms with Crippen LogP contribution in [-0.4, -0.2) is 35.7 Å². The van der Waals surface area contributed by atoms with Gasteiger partial charge in [0.15, 0.2) is 9.84 Å². The van der Waals surface area contributed by atoms with Gasteiger partial charge >= 0.3 is 0 Å². The summed E-state index contributed by atoms with van der Waals surface area (Å²) in [4.78, 5) is 30.2. The molecule has 1 unspecified atom stereocenters. The molecule has 1 aliphatic rings. The molecule has 1 N–H and O–H groups in total. The van der Waals surface area contributed by atoms with E-state index in [0.717, 1.165) is 22.1 Å². The van der Waals surface area contributed by atoms with Gasteiger partial charge in [-0.1, -0.05) is 29.8 Å². The van der Waals surface area contributed by atoms with Crippen LogP contribution in [0, 0.1) is 6.92 Å². The number of benzene rings is 1. The molecule has 150 valence electrons. The molecule has 0 saturated carbocycles. The molecular formula is C20H19N3O4S2. The first-order valence-electron chi connectivity index (χ1n) is 9.06. The molecular weight excluding hydrogens is 410 g/mol. The van der Waals surface area contributed by atoms with Crippen molar-refractivity contribution in [2.75, 3.05) is 5.75 Å². The third-order valence-electron chi connectivity index (χ3n) is 4.78. The highest BCUT2D eigenvalue weighted by Crippen LogP contribution is 2.30. The molecule has 1 atom stereocenters. The van der Waals surface area contributed by atoms with Crippen LogP contribution in [-0.2, 0) is 21.2 Å². The molecule has 0 fully saturated rings. The molecule has 9 heteroatoms. The van der Waals surface area contributed by atoms with Crippen molar-refractivity contribution >= 4 is 37.3 Å². The van der Waals surface area contributed by atoms with Crippen LogP contribution < -0.4 is 10.9 Å². The van der Waals surface area contributed by atoms with Gasteiger partial charge in [-0.05, 0) is 18.6 Å². The van der Waals surface area contributed by atoms with Gasteiger partial charge in [0, 0.05) is 29.3 Å². The second-order valence-electron chi connectivity index (χ2n) is 7.02. The number of rotatable bonds is 5. The molecule has 4 rings (SSSR count). The number of hydrogen-bond acceptors (Lipinski definition) is 6. The number of carbonyl (C=O) groups excluding carboxylic acids is 1. The van der Waals surface area contributed by atoms with Gasteiger partial charge in [-0.3, -0.25) is 14.2 Å². The maximum atomic E-state index is 13.0. The van der Waals surface area contributed by atoms with Crippen LogP contribution >= 0.6 is 11.3 Å². The van der Waals surface area contributed by atoms with Crippen molar-refractivity contribution in [3.05, 3.63) is 63.4 Å². The van der Waals surface area contributed by atoms with Gasteiger partial charge in [-0.2, -0.15) is 0 Å². The van der Waals surface area contributed by atoms with Crippen molar-refractivity contribution in [2.45, 2.75) is 25.9 Å². The summed E-state index contributed by atoms with van der Waals surface area (Å²) in [7, 11) is -3.23. The minimum Gasteiger partial charge on any atom is -0.349 e. The van der Waals surface area contributed by atoms with Gasteiger partial charge in [0.05, 0.1) is 23.5 Å². The van der Waals surface area contributed by atoms with Gasteiger partial charge in [0.2, 0.25) is 5.91 Å². The zero-order valence-corrected chi connectivity index (χ0v) is 17.3. The number of thiophene rings is 1. The lowest BCUT2D eigenvalue weighted by Gasteiger charge is -2.11. The zero-order valence-electron chi connectivity index (χ0n) is 15.7. The molecule has 7 nitrogen and oxygen atoms in total. The summed E-state index contributed by atoms with van der Waals surface area (Å²) in [6.07, 6.45) is 2.97. The lowest BCUT2D eigenvalue weighted by atomic mass is 10.1. The number of hydrogen-bond donors (Lipinski definition) is 1. The van der Waals surface area contributed by atoms with Crippen molar-refractivity contribution < 1.29 is 13.2 Å². The highest BCUT2D eigenvalue weighted by Gasteiger charge is 2.23. The number of nitrogens with one attached hydrogen (secondary N) is 1. The maximum absolute atomic E-state index is 13.0. The van der Waals surface area contributed by atoms with E-state index in [0.29, 0.717) is 10.2 Å². The lowest BCUT2D eigenvalue weighted by molar-refractivity contribution is -0.121. The largest absolute Gasteiger partial charge is 0.349 e. The highest BCUT2D eigenvalue weighted by molar-refractivity contribution is 7.94. The maximum Gasteiger partial charge on any atom is 0.262 e. The van der Waals surface area contributed by atoms with Crippen LogP contribution in [0.25, 0.3) is 21.3 Å². The standard InChI is InChI=1S/C20H19N3O4S2/c1-13-2-4-14(5-3-13)16-10-28-19-18(16)20(25)23(12-21-19)8-6-17(24)22-15-7-9-29(26,27)11-15/h2-5,7,9-10,12,15H,6,8,11H2,1H3,(H,22,24). The Hall–Kier alpha value is -2.78. The van der Waals surface area contributed by atoms with Crippen LogP contribution in [0.4, 0.5) is 0 Å². The van der Waals surface area contributed by atoms with Gasteiger partial charge in [-0.15, -0.1) is 11.3 Å². The normalized spacial score (nSPS) is 17.6. The molecule has 29 heavy (non-hydrogen) atoms. The fraction of sp³-hybridized carbons (Fsp3) is 0.250. The summed E-state index contributed by atoms with van der Waals surface area (Å²) in [6, 6.07) is 7.43. The molecule has 0 saturated heterocycles. The Morgan fingerprint density at radius 1 is 1.31 bits per heavy atom. The Labute approximate surface area is 171 Å². The van der Waals surface area contributed by atoms with E-state index in [1.165, 1.54) is 28.3 Å². The van der Waals surface area contributed by atoms with Crippen molar-refractivity contribution in [1.29, 1.82) is 0 Å². The van der Waals surface area contributed by atoms with E-state index in [1.54, 1.807) is 0 Å². The van der Waals surface area contributed by atoms with Crippen molar-refractivity contribution in [1.82, 2.24) is 14.9 Å². The van der Waals surface area contributed by atoms with E-state index in [2.05, 4.69) is 10.3 Å². The average Bonchev–Trinajstić information content (AvgIpc) is 3.25. The number of aryl methyl sites for hydroxylation is 2. The fourth-order valence-electron chi connectivity index (χ4n) is 3.24. The van der Waals surface area contributed by atoms with E-state index in [-0.39, 0.29) is 30.2 Å². The van der Waals surface area contributed by atoms with Gasteiger partial charge < -0.3 is 5.32 Å². The molecule has 0 radical (unpaired) electrons. The topological polar surface area (TPSA) is 98.1 Å². The molecule has 1 amide bonds. The van der Waals surface area contributed by atoms with Crippen molar-refractivity contribution in [2.24, 2.45) is 0 Å². The van der Waals surface area contributed by atoms with Crippen LogP contribution in [0.1, 0.15) is 12.0 Å². The van der Waals surface area contributed by atoms with Crippen molar-refractivity contribution in [3.63, 3.8) is 0 Å². The van der Waals surface area contributed by atoms with Crippen LogP contribution in [0.15, 0.2) is 52.3 Å². The summed E-state index contributed by atoms with van der Waals surface area (Å²) >= 11 is 1.41. The predicted octanol–water partition coefficient (Wildman–Crippen LogP) is 2.25. The smallest absolute Gasteiger partial charge is 0.262 e. The predicted molar refractivity (Wildman–Crippen MR) is 114 cm³/mol. The minimum absolute atomic E-state index is 0.0570. The Morgan fingerprint density at radius 3 is 2.76 bits per heavy atom. The number of sulfone groups is 1.